The van der Waals surface area contributed by atoms with Crippen molar-refractivity contribution in [1.82, 2.24) is 0 Å². The second-order valence-electron chi connectivity index (χ2n) is 15.8. The maximum atomic E-state index is 12.4. The molecule has 0 unspecified atom stereocenters. The van der Waals surface area contributed by atoms with E-state index in [1.165, 1.54) is 6.26 Å². The lowest BCUT2D eigenvalue weighted by Crippen LogP contribution is -2.70. The number of rotatable bonds is 10. The van der Waals surface area contributed by atoms with Gasteiger partial charge in [-0.05, 0) is 92.3 Å². The zero-order valence-corrected chi connectivity index (χ0v) is 30.2. The molecule has 1 saturated carbocycles. The number of allylic oxidation sites excluding steroid dienone is 3. The van der Waals surface area contributed by atoms with E-state index in [1.807, 2.05) is 42.5 Å². The van der Waals surface area contributed by atoms with Gasteiger partial charge in [-0.3, -0.25) is 0 Å². The van der Waals surface area contributed by atoms with Crippen LogP contribution in [-0.4, -0.2) is 91.2 Å². The summed E-state index contributed by atoms with van der Waals surface area (Å²) in [6.07, 6.45) is 7.89. The van der Waals surface area contributed by atoms with Crippen LogP contribution in [0, 0.1) is 35.2 Å². The first-order chi connectivity index (χ1) is 26.0. The molecule has 0 amide bonds. The zero-order valence-electron chi connectivity index (χ0n) is 30.2. The molecule has 6 N–H and O–H groups in total. The van der Waals surface area contributed by atoms with Crippen molar-refractivity contribution >= 4 is 5.97 Å². The van der Waals surface area contributed by atoms with Crippen molar-refractivity contribution < 1.29 is 54.4 Å². The Hall–Kier alpha value is -4.15. The van der Waals surface area contributed by atoms with Gasteiger partial charge < -0.3 is 49.6 Å². The molecular weight excluding hydrogens is 692 g/mol. The number of aromatic carboxylic acids is 1. The molecule has 54 heavy (non-hydrogen) atoms. The molecule has 6 aliphatic rings. The van der Waals surface area contributed by atoms with Crippen molar-refractivity contribution in [1.29, 1.82) is 0 Å². The fourth-order valence-corrected chi connectivity index (χ4v) is 9.49. The quantitative estimate of drug-likeness (QED) is 0.153. The fourth-order valence-electron chi connectivity index (χ4n) is 9.49. The lowest BCUT2D eigenvalue weighted by Gasteiger charge is -2.53. The average Bonchev–Trinajstić information content (AvgIpc) is 3.38. The molecule has 11 heteroatoms. The molecule has 4 heterocycles. The van der Waals surface area contributed by atoms with Gasteiger partial charge in [0.05, 0.1) is 23.5 Å². The molecule has 288 valence electrons. The van der Waals surface area contributed by atoms with Gasteiger partial charge in [-0.15, -0.1) is 6.58 Å². The van der Waals surface area contributed by atoms with Crippen molar-refractivity contribution in [3.05, 3.63) is 102 Å². The minimum absolute atomic E-state index is 0.0220. The second kappa shape index (κ2) is 15.5. The standard InChI is InChI=1S/C43H50O11/c1-2-5-27-10-14-32(15-11-27)53-40-43-25-33(34(45)6-4-20-51-35(7-3-19-44)37(54-40)36(46)38(43)47)41(18-21-52-43)17-16-31-23-29(24-42(31,50)26-41)22-28-8-12-30(13-9-28)39(48)49/h2,8-18,21,29,31,33-38,40,44-47,50H,1,3,5-7,19,22-26H2,(H,48,49)/t29-,31-,33-,34+,35+,36+,37+,38-,40-,41+,42-,43+/m0/s1. The number of carbonyl (C=O) groups is 1. The molecule has 2 aliphatic carbocycles. The third-order valence-corrected chi connectivity index (χ3v) is 12.2. The Morgan fingerprint density at radius 2 is 1.80 bits per heavy atom. The molecule has 4 aliphatic heterocycles. The average molecular weight is 743 g/mol. The summed E-state index contributed by atoms with van der Waals surface area (Å²) in [6, 6.07) is 14.2. The molecule has 3 bridgehead atoms. The molecule has 11 nitrogen and oxygen atoms in total. The van der Waals surface area contributed by atoms with Crippen molar-refractivity contribution in [2.24, 2.45) is 23.2 Å². The van der Waals surface area contributed by atoms with Gasteiger partial charge in [-0.25, -0.2) is 4.79 Å². The second-order valence-corrected chi connectivity index (χ2v) is 15.8. The van der Waals surface area contributed by atoms with Crippen LogP contribution in [0.4, 0.5) is 0 Å². The van der Waals surface area contributed by atoms with E-state index < -0.39 is 65.3 Å². The van der Waals surface area contributed by atoms with Crippen molar-refractivity contribution in [2.75, 3.05) is 6.61 Å². The Morgan fingerprint density at radius 1 is 1.04 bits per heavy atom. The van der Waals surface area contributed by atoms with Crippen molar-refractivity contribution in [3.8, 4) is 17.8 Å². The highest BCUT2D eigenvalue weighted by Gasteiger charge is 2.65. The van der Waals surface area contributed by atoms with E-state index >= 15 is 0 Å². The number of hydrogen-bond acceptors (Lipinski definition) is 10. The van der Waals surface area contributed by atoms with Gasteiger partial charge >= 0.3 is 5.97 Å². The number of carboxylic acids is 1. The number of ether oxygens (including phenoxy) is 4. The number of carboxylic acid groups (broad SMARTS) is 1. The first kappa shape index (κ1) is 38.1. The molecule has 2 fully saturated rings. The van der Waals surface area contributed by atoms with Gasteiger partial charge in [-0.1, -0.05) is 48.4 Å². The molecule has 0 radical (unpaired) electrons. The van der Waals surface area contributed by atoms with Crippen LogP contribution in [0.15, 0.2) is 85.7 Å². The summed E-state index contributed by atoms with van der Waals surface area (Å²) < 4.78 is 25.5. The van der Waals surface area contributed by atoms with Crippen LogP contribution < -0.4 is 4.74 Å². The number of fused-ring (bicyclic) bond motifs is 7. The minimum atomic E-state index is -1.72. The Kier molecular flexibility index (Phi) is 11.0. The van der Waals surface area contributed by atoms with E-state index in [0.717, 1.165) is 17.5 Å². The summed E-state index contributed by atoms with van der Waals surface area (Å²) in [5, 5.41) is 67.3. The number of hydrogen-bond donors (Lipinski definition) is 6. The SMILES string of the molecule is C=CCc1ccc(O[C@H]2O[C@H]3[C@@H](O)[C@H](O)[C@]24C[C@@H]([C@H](O)CC#CO[C@@H]3CCCO)[C@@]2(C=CO4)C=C[C@H]3C[C@H](Cc4ccc(C(=O)O)cc4)C[C@]3(O)C2)cc1. The number of aliphatic hydroxyl groups is 5. The minimum Gasteiger partial charge on any atom is -0.486 e. The highest BCUT2D eigenvalue weighted by Crippen LogP contribution is 2.58. The number of benzene rings is 2. The predicted molar refractivity (Wildman–Crippen MR) is 197 cm³/mol. The molecule has 0 aromatic heterocycles. The molecule has 2 aromatic carbocycles. The van der Waals surface area contributed by atoms with Crippen LogP contribution in [0.2, 0.25) is 0 Å². The lowest BCUT2D eigenvalue weighted by atomic mass is 9.58. The maximum Gasteiger partial charge on any atom is 0.335 e. The summed E-state index contributed by atoms with van der Waals surface area (Å²) in [5.41, 5.74) is -1.55. The van der Waals surface area contributed by atoms with E-state index in [0.29, 0.717) is 31.4 Å². The van der Waals surface area contributed by atoms with E-state index in [4.69, 9.17) is 18.9 Å². The summed E-state index contributed by atoms with van der Waals surface area (Å²) >= 11 is 0. The molecule has 12 atom stereocenters. The first-order valence-corrected chi connectivity index (χ1v) is 18.9. The smallest absolute Gasteiger partial charge is 0.335 e. The van der Waals surface area contributed by atoms with Crippen LogP contribution in [0.5, 0.6) is 5.75 Å². The molecule has 1 saturated heterocycles. The Labute approximate surface area is 315 Å². The van der Waals surface area contributed by atoms with Crippen LogP contribution in [0.25, 0.3) is 0 Å². The van der Waals surface area contributed by atoms with Gasteiger partial charge in [-0.2, -0.15) is 0 Å². The monoisotopic (exact) mass is 742 g/mol. The normalized spacial score (nSPS) is 38.1. The van der Waals surface area contributed by atoms with Gasteiger partial charge in [0.2, 0.25) is 6.29 Å². The first-order valence-electron chi connectivity index (χ1n) is 18.9. The van der Waals surface area contributed by atoms with Gasteiger partial charge in [0.1, 0.15) is 36.3 Å². The summed E-state index contributed by atoms with van der Waals surface area (Å²) in [6.45, 7) is 3.68. The molecule has 2 spiro atoms. The Bertz CT molecular complexity index is 1780. The third-order valence-electron chi connectivity index (χ3n) is 12.2. The van der Waals surface area contributed by atoms with E-state index in [2.05, 4.69) is 18.6 Å². The highest BCUT2D eigenvalue weighted by molar-refractivity contribution is 5.87. The predicted octanol–water partition coefficient (Wildman–Crippen LogP) is 4.06. The zero-order chi connectivity index (χ0) is 38.1. The number of aliphatic hydroxyl groups excluding tert-OH is 4. The maximum absolute atomic E-state index is 12.4. The van der Waals surface area contributed by atoms with Crippen molar-refractivity contribution in [2.45, 2.75) is 106 Å². The summed E-state index contributed by atoms with van der Waals surface area (Å²) in [4.78, 5) is 11.4. The lowest BCUT2D eigenvalue weighted by molar-refractivity contribution is -0.334. The van der Waals surface area contributed by atoms with Crippen LogP contribution in [0.3, 0.4) is 0 Å². The molecule has 2 aromatic rings. The fraction of sp³-hybridized carbons (Fsp3) is 0.512. The Balaban J connectivity index is 1.22. The van der Waals surface area contributed by atoms with Gasteiger partial charge in [0, 0.05) is 36.7 Å². The highest BCUT2D eigenvalue weighted by atomic mass is 16.7. The van der Waals surface area contributed by atoms with E-state index in [1.54, 1.807) is 30.3 Å². The van der Waals surface area contributed by atoms with Gasteiger partial charge in [0.25, 0.3) is 0 Å². The summed E-state index contributed by atoms with van der Waals surface area (Å²) in [7, 11) is 0. The van der Waals surface area contributed by atoms with Crippen LogP contribution in [0.1, 0.15) is 66.4 Å². The molecular formula is C43H50O11. The van der Waals surface area contributed by atoms with Crippen molar-refractivity contribution in [3.63, 3.8) is 0 Å². The largest absolute Gasteiger partial charge is 0.486 e. The van der Waals surface area contributed by atoms with Crippen LogP contribution >= 0.6 is 0 Å². The topological polar surface area (TPSA) is 175 Å². The Morgan fingerprint density at radius 3 is 2.52 bits per heavy atom. The third kappa shape index (κ3) is 7.31. The van der Waals surface area contributed by atoms with Crippen LogP contribution in [-0.2, 0) is 27.1 Å². The van der Waals surface area contributed by atoms with Gasteiger partial charge in [0.15, 0.2) is 5.60 Å². The van der Waals surface area contributed by atoms with E-state index in [9.17, 15) is 35.4 Å². The molecule has 8 rings (SSSR count). The summed E-state index contributed by atoms with van der Waals surface area (Å²) in [5.74, 6) is 1.70. The van der Waals surface area contributed by atoms with E-state index in [-0.39, 0.29) is 49.7 Å².